The Bertz CT molecular complexity index is 1740. The van der Waals surface area contributed by atoms with Gasteiger partial charge in [0.1, 0.15) is 18.1 Å². The van der Waals surface area contributed by atoms with E-state index in [9.17, 15) is 4.79 Å². The number of nitrogens with one attached hydrogen (secondary N) is 2. The number of benzene rings is 2. The second-order valence-electron chi connectivity index (χ2n) is 10.9. The molecule has 2 aliphatic heterocycles. The number of piperidine rings is 1. The van der Waals surface area contributed by atoms with Gasteiger partial charge in [0.25, 0.3) is 5.91 Å². The molecule has 1 spiro atoms. The lowest BCUT2D eigenvalue weighted by Gasteiger charge is -2.41. The lowest BCUT2D eigenvalue weighted by atomic mass is 9.87. The van der Waals surface area contributed by atoms with Crippen LogP contribution in [0.2, 0.25) is 5.15 Å². The summed E-state index contributed by atoms with van der Waals surface area (Å²) in [6, 6.07) is 16.0. The molecule has 2 aromatic heterocycles. The molecule has 0 saturated carbocycles. The van der Waals surface area contributed by atoms with E-state index in [2.05, 4.69) is 72.1 Å². The molecule has 0 radical (unpaired) electrons. The summed E-state index contributed by atoms with van der Waals surface area (Å²) in [7, 11) is 1.65. The van der Waals surface area contributed by atoms with E-state index in [1.807, 2.05) is 24.3 Å². The first kappa shape index (κ1) is 29.1. The van der Waals surface area contributed by atoms with E-state index in [4.69, 9.17) is 32.5 Å². The molecular formula is C31H34ClN9O3. The number of carbonyl (C=O) groups is 1. The Hall–Kier alpha value is -4.97. The molecule has 0 unspecified atom stereocenters. The number of nitrogens with two attached hydrogens (primary N) is 2. The molecule has 6 N–H and O–H groups in total. The van der Waals surface area contributed by atoms with Crippen LogP contribution in [0.15, 0.2) is 66.3 Å². The van der Waals surface area contributed by atoms with Crippen molar-refractivity contribution in [2.75, 3.05) is 44.8 Å². The fourth-order valence-electron chi connectivity index (χ4n) is 5.67. The van der Waals surface area contributed by atoms with Gasteiger partial charge in [-0.2, -0.15) is 0 Å². The fourth-order valence-corrected chi connectivity index (χ4v) is 5.80. The molecule has 2 aliphatic rings. The Morgan fingerprint density at radius 3 is 2.59 bits per heavy atom. The number of ether oxygens (including phenoxy) is 2. The highest BCUT2D eigenvalue weighted by atomic mass is 35.5. The van der Waals surface area contributed by atoms with E-state index in [1.54, 1.807) is 7.11 Å². The third-order valence-electron chi connectivity index (χ3n) is 8.16. The van der Waals surface area contributed by atoms with Crippen LogP contribution in [0.1, 0.15) is 28.9 Å². The molecule has 13 heteroatoms. The van der Waals surface area contributed by atoms with Gasteiger partial charge in [0.15, 0.2) is 28.4 Å². The number of rotatable bonds is 8. The molecule has 6 rings (SSSR count). The summed E-state index contributed by atoms with van der Waals surface area (Å²) in [5, 5.41) is 7.22. The molecule has 12 nitrogen and oxygen atoms in total. The van der Waals surface area contributed by atoms with Crippen molar-refractivity contribution in [2.45, 2.75) is 24.9 Å². The van der Waals surface area contributed by atoms with Gasteiger partial charge in [-0.1, -0.05) is 30.3 Å². The van der Waals surface area contributed by atoms with E-state index in [0.717, 1.165) is 59.6 Å². The molecule has 1 saturated heterocycles. The topological polar surface area (TPSA) is 158 Å². The predicted molar refractivity (Wildman–Crippen MR) is 172 cm³/mol. The van der Waals surface area contributed by atoms with Crippen molar-refractivity contribution < 1.29 is 14.3 Å². The summed E-state index contributed by atoms with van der Waals surface area (Å²) >= 11 is 5.93. The zero-order valence-electron chi connectivity index (χ0n) is 24.3. The van der Waals surface area contributed by atoms with Crippen LogP contribution in [-0.2, 0) is 6.54 Å². The van der Waals surface area contributed by atoms with Crippen LogP contribution in [0, 0.1) is 0 Å². The van der Waals surface area contributed by atoms with Gasteiger partial charge in [0, 0.05) is 41.4 Å². The molecule has 1 fully saturated rings. The Labute approximate surface area is 259 Å². The summed E-state index contributed by atoms with van der Waals surface area (Å²) in [5.41, 5.74) is 14.3. The van der Waals surface area contributed by atoms with Gasteiger partial charge >= 0.3 is 0 Å². The van der Waals surface area contributed by atoms with Crippen molar-refractivity contribution in [1.29, 1.82) is 0 Å². The minimum absolute atomic E-state index is 0.0338. The monoisotopic (exact) mass is 615 g/mol. The number of aliphatic imine (C=N–C) groups is 1. The van der Waals surface area contributed by atoms with Crippen LogP contribution < -0.4 is 31.6 Å². The van der Waals surface area contributed by atoms with E-state index in [1.165, 1.54) is 0 Å². The zero-order chi connectivity index (χ0) is 30.8. The van der Waals surface area contributed by atoms with Gasteiger partial charge in [-0.3, -0.25) is 15.1 Å². The van der Waals surface area contributed by atoms with Gasteiger partial charge in [-0.25, -0.2) is 9.97 Å². The van der Waals surface area contributed by atoms with E-state index in [0.29, 0.717) is 25.7 Å². The molecule has 1 amide bonds. The first-order chi connectivity index (χ1) is 21.2. The Kier molecular flexibility index (Phi) is 7.92. The first-order valence-electron chi connectivity index (χ1n) is 14.3. The smallest absolute Gasteiger partial charge is 0.280 e. The van der Waals surface area contributed by atoms with Gasteiger partial charge < -0.3 is 35.7 Å². The fraction of sp³-hybridized carbons (Fsp3) is 0.290. The van der Waals surface area contributed by atoms with Crippen molar-refractivity contribution in [3.8, 4) is 11.5 Å². The number of nitrogens with zero attached hydrogens (tertiary/aromatic N) is 5. The van der Waals surface area contributed by atoms with Gasteiger partial charge in [0.05, 0.1) is 25.7 Å². The Morgan fingerprint density at radius 1 is 1.09 bits per heavy atom. The lowest BCUT2D eigenvalue weighted by molar-refractivity contribution is 0.0971. The maximum Gasteiger partial charge on any atom is 0.280 e. The van der Waals surface area contributed by atoms with Crippen LogP contribution in [0.5, 0.6) is 11.5 Å². The summed E-state index contributed by atoms with van der Waals surface area (Å²) in [4.78, 5) is 27.4. The standard InChI is InChI=1S/C31H34ClN9O3/c1-19(22-4-3-5-24-23(22)10-13-41(24)16-17-44-21-8-6-20(43-2)7-9-21)40-14-11-31(12-15-40)18-35-30(39-31)38-29(42)25-27(33)37-28(34)26(32)36-25/h3-10,13H,1,11-12,14-18H2,2H3,(H4,33,34,37)(H2,35,38,39,42). The second kappa shape index (κ2) is 12.0. The van der Waals surface area contributed by atoms with Crippen molar-refractivity contribution >= 4 is 51.7 Å². The highest BCUT2D eigenvalue weighted by Gasteiger charge is 2.39. The number of hydrogen-bond acceptors (Lipinski definition) is 10. The molecule has 0 bridgehead atoms. The van der Waals surface area contributed by atoms with Crippen molar-refractivity contribution in [3.63, 3.8) is 0 Å². The highest BCUT2D eigenvalue weighted by molar-refractivity contribution is 6.31. The number of guanidine groups is 1. The van der Waals surface area contributed by atoms with E-state index < -0.39 is 5.91 Å². The van der Waals surface area contributed by atoms with Crippen LogP contribution >= 0.6 is 11.6 Å². The van der Waals surface area contributed by atoms with Gasteiger partial charge in [-0.05, 0) is 49.2 Å². The highest BCUT2D eigenvalue weighted by Crippen LogP contribution is 2.33. The SMILES string of the molecule is C=C(c1cccc2c1ccn2CCOc1ccc(OC)cc1)N1CCC2(CC1)CN=C(NC(=O)c1nc(Cl)c(N)nc1N)N2. The minimum Gasteiger partial charge on any atom is -0.497 e. The average molecular weight is 616 g/mol. The molecule has 2 aromatic carbocycles. The van der Waals surface area contributed by atoms with Crippen molar-refractivity contribution in [2.24, 2.45) is 4.99 Å². The zero-order valence-corrected chi connectivity index (χ0v) is 25.1. The number of amides is 1. The summed E-state index contributed by atoms with van der Waals surface area (Å²) in [6.45, 7) is 7.87. The molecular weight excluding hydrogens is 582 g/mol. The molecule has 4 heterocycles. The largest absolute Gasteiger partial charge is 0.497 e. The van der Waals surface area contributed by atoms with Gasteiger partial charge in [-0.15, -0.1) is 0 Å². The quantitative estimate of drug-likeness (QED) is 0.233. The third kappa shape index (κ3) is 5.80. The first-order valence-corrected chi connectivity index (χ1v) is 14.6. The number of aromatic nitrogens is 3. The molecule has 0 aliphatic carbocycles. The molecule has 228 valence electrons. The number of halogens is 1. The number of methoxy groups -OCH3 is 1. The number of fused-ring (bicyclic) bond motifs is 1. The van der Waals surface area contributed by atoms with Crippen LogP contribution in [0.4, 0.5) is 11.6 Å². The van der Waals surface area contributed by atoms with Crippen LogP contribution in [-0.4, -0.2) is 70.2 Å². The average Bonchev–Trinajstić information content (AvgIpc) is 3.63. The normalized spacial score (nSPS) is 15.6. The number of carbonyl (C=O) groups excluding carboxylic acids is 1. The number of anilines is 2. The third-order valence-corrected chi connectivity index (χ3v) is 8.44. The maximum atomic E-state index is 12.8. The minimum atomic E-state index is -0.557. The molecule has 4 aromatic rings. The Morgan fingerprint density at radius 2 is 1.84 bits per heavy atom. The van der Waals surface area contributed by atoms with Crippen LogP contribution in [0.3, 0.4) is 0 Å². The maximum absolute atomic E-state index is 12.8. The second-order valence-corrected chi connectivity index (χ2v) is 11.2. The van der Waals surface area contributed by atoms with E-state index in [-0.39, 0.29) is 28.0 Å². The number of nitrogen functional groups attached to an aromatic ring is 2. The van der Waals surface area contributed by atoms with Crippen LogP contribution in [0.25, 0.3) is 16.6 Å². The van der Waals surface area contributed by atoms with Crippen molar-refractivity contribution in [3.05, 3.63) is 77.7 Å². The van der Waals surface area contributed by atoms with Crippen molar-refractivity contribution in [1.82, 2.24) is 30.1 Å². The molecule has 44 heavy (non-hydrogen) atoms. The lowest BCUT2D eigenvalue weighted by Crippen LogP contribution is -2.55. The summed E-state index contributed by atoms with van der Waals surface area (Å²) < 4.78 is 13.4. The van der Waals surface area contributed by atoms with Gasteiger partial charge in [0.2, 0.25) is 0 Å². The number of hydrogen-bond donors (Lipinski definition) is 4. The Balaban J connectivity index is 1.04. The molecule has 0 atom stereocenters. The predicted octanol–water partition coefficient (Wildman–Crippen LogP) is 3.53. The number of likely N-dealkylation sites (tertiary alicyclic amines) is 1. The van der Waals surface area contributed by atoms with E-state index >= 15 is 0 Å². The summed E-state index contributed by atoms with van der Waals surface area (Å²) in [5.74, 6) is 1.29. The summed E-state index contributed by atoms with van der Waals surface area (Å²) in [6.07, 6.45) is 3.74.